The minimum atomic E-state index is 0.114. The molecule has 1 saturated carbocycles. The number of hydrogen-bond acceptors (Lipinski definition) is 4. The van der Waals surface area contributed by atoms with Crippen LogP contribution in [0.25, 0.3) is 22.3 Å². The zero-order valence-electron chi connectivity index (χ0n) is 18.1. The number of amides is 2. The van der Waals surface area contributed by atoms with E-state index in [2.05, 4.69) is 27.0 Å². The van der Waals surface area contributed by atoms with Gasteiger partial charge in [-0.15, -0.1) is 0 Å². The van der Waals surface area contributed by atoms with Crippen LogP contribution in [0.15, 0.2) is 42.6 Å². The van der Waals surface area contributed by atoms with Crippen LogP contribution in [0, 0.1) is 5.92 Å². The summed E-state index contributed by atoms with van der Waals surface area (Å²) in [7, 11) is 0. The van der Waals surface area contributed by atoms with Gasteiger partial charge in [0.05, 0.1) is 0 Å². The highest BCUT2D eigenvalue weighted by Gasteiger charge is 2.34. The first-order valence-electron chi connectivity index (χ1n) is 11.6. The number of carbonyl (C=O) groups is 2. The highest BCUT2D eigenvalue weighted by atomic mass is 16.2. The molecule has 0 radical (unpaired) electrons. The van der Waals surface area contributed by atoms with Gasteiger partial charge in [-0.2, -0.15) is 0 Å². The molecule has 2 amide bonds. The van der Waals surface area contributed by atoms with Crippen LogP contribution in [0.4, 0.5) is 5.69 Å². The monoisotopic (exact) mass is 429 g/mol. The fourth-order valence-corrected chi connectivity index (χ4v) is 4.69. The lowest BCUT2D eigenvalue weighted by atomic mass is 10.1. The van der Waals surface area contributed by atoms with Crippen molar-refractivity contribution in [2.24, 2.45) is 5.92 Å². The molecule has 1 aromatic carbocycles. The first kappa shape index (κ1) is 19.3. The molecule has 2 aliphatic heterocycles. The Balaban J connectivity index is 1.22. The topological polar surface area (TPSA) is 72.5 Å². The molecule has 3 aromatic rings. The van der Waals surface area contributed by atoms with Crippen LogP contribution in [0.3, 0.4) is 0 Å². The molecule has 7 nitrogen and oxygen atoms in total. The number of pyridine rings is 1. The summed E-state index contributed by atoms with van der Waals surface area (Å²) in [6, 6.07) is 12.0. The zero-order chi connectivity index (χ0) is 21.7. The fourth-order valence-electron chi connectivity index (χ4n) is 4.69. The minimum Gasteiger partial charge on any atom is -0.367 e. The molecule has 4 heterocycles. The van der Waals surface area contributed by atoms with Crippen molar-refractivity contribution in [1.82, 2.24) is 19.8 Å². The fraction of sp³-hybridized carbons (Fsp3) is 0.400. The Bertz CT molecular complexity index is 1170. The molecule has 1 aliphatic carbocycles. The zero-order valence-corrected chi connectivity index (χ0v) is 18.1. The minimum absolute atomic E-state index is 0.114. The second-order valence-corrected chi connectivity index (χ2v) is 9.09. The molecule has 0 bridgehead atoms. The molecule has 0 unspecified atom stereocenters. The van der Waals surface area contributed by atoms with Crippen molar-refractivity contribution in [1.29, 1.82) is 0 Å². The summed E-state index contributed by atoms with van der Waals surface area (Å²) in [5, 5.41) is 1.09. The van der Waals surface area contributed by atoms with Gasteiger partial charge < -0.3 is 19.7 Å². The standard InChI is InChI=1S/C25H27N5O2/c31-24(29-10-1-11-29)18-4-2-17(3-5-18)21-16-20-22(8-9-26-23(20)27-21)28-12-14-30(15-13-28)25(32)19-6-7-19/h2-5,8-9,16,19H,1,6-7,10-15H2,(H,26,27). The Morgan fingerprint density at radius 1 is 0.906 bits per heavy atom. The van der Waals surface area contributed by atoms with E-state index < -0.39 is 0 Å². The van der Waals surface area contributed by atoms with Crippen LogP contribution in [0.5, 0.6) is 0 Å². The van der Waals surface area contributed by atoms with Crippen LogP contribution in [0.2, 0.25) is 0 Å². The summed E-state index contributed by atoms with van der Waals surface area (Å²) in [4.78, 5) is 39.0. The lowest BCUT2D eigenvalue weighted by Crippen LogP contribution is -2.49. The molecule has 0 atom stereocenters. The molecule has 164 valence electrons. The average molecular weight is 430 g/mol. The van der Waals surface area contributed by atoms with Crippen molar-refractivity contribution < 1.29 is 9.59 Å². The molecule has 6 rings (SSSR count). The van der Waals surface area contributed by atoms with Crippen LogP contribution >= 0.6 is 0 Å². The maximum Gasteiger partial charge on any atom is 0.253 e. The third-order valence-corrected chi connectivity index (χ3v) is 6.95. The van der Waals surface area contributed by atoms with E-state index >= 15 is 0 Å². The third-order valence-electron chi connectivity index (χ3n) is 6.95. The average Bonchev–Trinajstić information content (AvgIpc) is 3.55. The Labute approximate surface area is 187 Å². The maximum atomic E-state index is 12.4. The number of aromatic nitrogens is 2. The van der Waals surface area contributed by atoms with Crippen molar-refractivity contribution in [2.45, 2.75) is 19.3 Å². The predicted octanol–water partition coefficient (Wildman–Crippen LogP) is 3.13. The molecule has 32 heavy (non-hydrogen) atoms. The van der Waals surface area contributed by atoms with E-state index in [-0.39, 0.29) is 11.8 Å². The molecule has 2 saturated heterocycles. The summed E-state index contributed by atoms with van der Waals surface area (Å²) in [6.45, 7) is 4.96. The quantitative estimate of drug-likeness (QED) is 0.692. The van der Waals surface area contributed by atoms with Gasteiger partial charge in [0.1, 0.15) is 5.65 Å². The highest BCUT2D eigenvalue weighted by molar-refractivity contribution is 5.96. The van der Waals surface area contributed by atoms with Crippen LogP contribution in [-0.2, 0) is 4.79 Å². The summed E-state index contributed by atoms with van der Waals surface area (Å²) in [5.41, 5.74) is 4.77. The largest absolute Gasteiger partial charge is 0.367 e. The van der Waals surface area contributed by atoms with Gasteiger partial charge >= 0.3 is 0 Å². The number of fused-ring (bicyclic) bond motifs is 1. The van der Waals surface area contributed by atoms with Crippen molar-refractivity contribution in [3.63, 3.8) is 0 Å². The molecular formula is C25H27N5O2. The normalized spacial score (nSPS) is 18.7. The maximum absolute atomic E-state index is 12.4. The number of nitrogens with zero attached hydrogens (tertiary/aromatic N) is 4. The number of piperazine rings is 1. The number of aromatic amines is 1. The molecule has 2 aromatic heterocycles. The van der Waals surface area contributed by atoms with E-state index in [1.54, 1.807) is 0 Å². The number of likely N-dealkylation sites (tertiary alicyclic amines) is 1. The van der Waals surface area contributed by atoms with Crippen LogP contribution < -0.4 is 4.90 Å². The molecule has 3 aliphatic rings. The van der Waals surface area contributed by atoms with Gasteiger partial charge in [0.25, 0.3) is 5.91 Å². The number of hydrogen-bond donors (Lipinski definition) is 1. The van der Waals surface area contributed by atoms with E-state index in [9.17, 15) is 9.59 Å². The second kappa shape index (κ2) is 7.65. The van der Waals surface area contributed by atoms with E-state index in [1.807, 2.05) is 40.3 Å². The Kier molecular flexibility index (Phi) is 4.63. The molecule has 3 fully saturated rings. The van der Waals surface area contributed by atoms with E-state index in [1.165, 1.54) is 0 Å². The SMILES string of the molecule is O=C(c1ccc(-c2cc3c(N4CCN(C(=O)C5CC5)CC4)ccnc3[nH]2)cc1)N1CCC1. The molecule has 0 spiro atoms. The molecule has 7 heteroatoms. The van der Waals surface area contributed by atoms with E-state index in [4.69, 9.17) is 0 Å². The van der Waals surface area contributed by atoms with Crippen LogP contribution in [0.1, 0.15) is 29.6 Å². The summed E-state index contributed by atoms with van der Waals surface area (Å²) in [5.74, 6) is 0.737. The summed E-state index contributed by atoms with van der Waals surface area (Å²) >= 11 is 0. The van der Waals surface area contributed by atoms with E-state index in [0.717, 1.165) is 92.1 Å². The van der Waals surface area contributed by atoms with Gasteiger partial charge in [0.15, 0.2) is 0 Å². The summed E-state index contributed by atoms with van der Waals surface area (Å²) in [6.07, 6.45) is 5.06. The van der Waals surface area contributed by atoms with Gasteiger partial charge in [-0.1, -0.05) is 12.1 Å². The summed E-state index contributed by atoms with van der Waals surface area (Å²) < 4.78 is 0. The van der Waals surface area contributed by atoms with Gasteiger partial charge in [0, 0.05) is 73.7 Å². The lowest BCUT2D eigenvalue weighted by molar-refractivity contribution is -0.132. The Morgan fingerprint density at radius 2 is 1.66 bits per heavy atom. The molecular weight excluding hydrogens is 402 g/mol. The smallest absolute Gasteiger partial charge is 0.253 e. The predicted molar refractivity (Wildman–Crippen MR) is 124 cm³/mol. The number of nitrogens with one attached hydrogen (secondary N) is 1. The number of anilines is 1. The van der Waals surface area contributed by atoms with Crippen molar-refractivity contribution in [2.75, 3.05) is 44.2 Å². The highest BCUT2D eigenvalue weighted by Crippen LogP contribution is 2.33. The molecule has 1 N–H and O–H groups in total. The van der Waals surface area contributed by atoms with E-state index in [0.29, 0.717) is 5.91 Å². The number of benzene rings is 1. The first-order chi connectivity index (χ1) is 15.7. The Morgan fingerprint density at radius 3 is 2.31 bits per heavy atom. The second-order valence-electron chi connectivity index (χ2n) is 9.09. The third kappa shape index (κ3) is 3.42. The lowest BCUT2D eigenvalue weighted by Gasteiger charge is -2.36. The van der Waals surface area contributed by atoms with Gasteiger partial charge in [0.2, 0.25) is 5.91 Å². The van der Waals surface area contributed by atoms with Gasteiger partial charge in [-0.25, -0.2) is 4.98 Å². The van der Waals surface area contributed by atoms with Gasteiger partial charge in [-0.05, 0) is 49.1 Å². The van der Waals surface area contributed by atoms with Crippen molar-refractivity contribution in [3.8, 4) is 11.3 Å². The Hall–Kier alpha value is -3.35. The van der Waals surface area contributed by atoms with Crippen molar-refractivity contribution >= 4 is 28.5 Å². The first-order valence-corrected chi connectivity index (χ1v) is 11.6. The van der Waals surface area contributed by atoms with Crippen LogP contribution in [-0.4, -0.2) is 70.9 Å². The van der Waals surface area contributed by atoms with Gasteiger partial charge in [-0.3, -0.25) is 9.59 Å². The van der Waals surface area contributed by atoms with Crippen molar-refractivity contribution in [3.05, 3.63) is 48.2 Å². The number of carbonyl (C=O) groups excluding carboxylic acids is 2. The number of rotatable bonds is 4. The number of H-pyrrole nitrogens is 1.